The molecular weight excluding hydrogens is 501 g/mol. The number of hydrogen-bond donors (Lipinski definition) is 1. The summed E-state index contributed by atoms with van der Waals surface area (Å²) in [6.07, 6.45) is 1.75. The summed E-state index contributed by atoms with van der Waals surface area (Å²) in [6.45, 7) is 11.7. The van der Waals surface area contributed by atoms with Crippen molar-refractivity contribution >= 4 is 47.2 Å². The van der Waals surface area contributed by atoms with Crippen molar-refractivity contribution in [2.75, 3.05) is 46.4 Å². The van der Waals surface area contributed by atoms with Gasteiger partial charge in [-0.25, -0.2) is 4.98 Å². The zero-order valence-corrected chi connectivity index (χ0v) is 21.1. The highest BCUT2D eigenvalue weighted by Gasteiger charge is 2.30. The van der Waals surface area contributed by atoms with E-state index in [9.17, 15) is 4.79 Å². The summed E-state index contributed by atoms with van der Waals surface area (Å²) < 4.78 is 5.35. The van der Waals surface area contributed by atoms with E-state index in [1.165, 1.54) is 0 Å². The van der Waals surface area contributed by atoms with Crippen molar-refractivity contribution in [2.45, 2.75) is 45.6 Å². The lowest BCUT2D eigenvalue weighted by atomic mass is 9.93. The molecule has 0 saturated carbocycles. The predicted molar refractivity (Wildman–Crippen MR) is 128 cm³/mol. The van der Waals surface area contributed by atoms with Crippen LogP contribution in [0.4, 0.5) is 0 Å². The first kappa shape index (κ1) is 24.3. The number of aliphatic imine (C=N–C) groups is 1. The summed E-state index contributed by atoms with van der Waals surface area (Å²) in [7, 11) is 1.82. The Morgan fingerprint density at radius 1 is 1.24 bits per heavy atom. The van der Waals surface area contributed by atoms with Crippen molar-refractivity contribution < 1.29 is 9.53 Å². The van der Waals surface area contributed by atoms with Crippen molar-refractivity contribution in [3.8, 4) is 0 Å². The van der Waals surface area contributed by atoms with Gasteiger partial charge in [0.2, 0.25) is 5.91 Å². The Labute approximate surface area is 195 Å². The summed E-state index contributed by atoms with van der Waals surface area (Å²) in [5.41, 5.74) is 1.21. The Morgan fingerprint density at radius 3 is 2.45 bits per heavy atom. The fourth-order valence-electron chi connectivity index (χ4n) is 3.60. The van der Waals surface area contributed by atoms with Gasteiger partial charge in [-0.15, -0.1) is 35.3 Å². The van der Waals surface area contributed by atoms with Gasteiger partial charge in [-0.2, -0.15) is 0 Å². The number of morpholine rings is 1. The molecule has 2 fully saturated rings. The molecule has 29 heavy (non-hydrogen) atoms. The van der Waals surface area contributed by atoms with E-state index < -0.39 is 0 Å². The lowest BCUT2D eigenvalue weighted by molar-refractivity contribution is -0.140. The second-order valence-corrected chi connectivity index (χ2v) is 9.42. The van der Waals surface area contributed by atoms with Crippen LogP contribution in [0.1, 0.15) is 44.3 Å². The molecule has 0 aliphatic carbocycles. The molecular formula is C20H34IN5O2S. The minimum atomic E-state index is 0. The van der Waals surface area contributed by atoms with Gasteiger partial charge >= 0.3 is 0 Å². The van der Waals surface area contributed by atoms with Crippen LogP contribution in [-0.4, -0.2) is 73.1 Å². The third-order valence-electron chi connectivity index (χ3n) is 5.40. The quantitative estimate of drug-likeness (QED) is 0.366. The van der Waals surface area contributed by atoms with Crippen LogP contribution in [0.5, 0.6) is 0 Å². The van der Waals surface area contributed by atoms with Crippen molar-refractivity contribution in [3.63, 3.8) is 0 Å². The number of hydrogen-bond acceptors (Lipinski definition) is 5. The van der Waals surface area contributed by atoms with Gasteiger partial charge in [-0.3, -0.25) is 9.79 Å². The van der Waals surface area contributed by atoms with Crippen LogP contribution >= 0.6 is 35.3 Å². The SMILES string of the molecule is CN=C(NCc1nc(C(C)(C)C)cs1)N1CCC(C(=O)N2CCOCC2)CC1.I. The van der Waals surface area contributed by atoms with Crippen LogP contribution in [0.3, 0.4) is 0 Å². The summed E-state index contributed by atoms with van der Waals surface area (Å²) >= 11 is 1.69. The lowest BCUT2D eigenvalue weighted by Gasteiger charge is -2.36. The molecule has 0 atom stereocenters. The lowest BCUT2D eigenvalue weighted by Crippen LogP contribution is -2.49. The number of aromatic nitrogens is 1. The Balaban J connectivity index is 0.00000300. The van der Waals surface area contributed by atoms with E-state index in [0.29, 0.717) is 25.7 Å². The third kappa shape index (κ3) is 6.52. The number of ether oxygens (including phenoxy) is 1. The third-order valence-corrected chi connectivity index (χ3v) is 6.25. The molecule has 2 saturated heterocycles. The minimum absolute atomic E-state index is 0. The van der Waals surface area contributed by atoms with Gasteiger partial charge < -0.3 is 19.9 Å². The standard InChI is InChI=1S/C20H33N5O2S.HI/c1-20(2,3)16-14-28-17(23-16)13-22-19(21-4)25-7-5-15(6-8-25)18(26)24-9-11-27-12-10-24;/h14-15H,5-13H2,1-4H3,(H,21,22);1H. The van der Waals surface area contributed by atoms with Gasteiger partial charge in [-0.05, 0) is 12.8 Å². The molecule has 1 aromatic heterocycles. The van der Waals surface area contributed by atoms with E-state index in [1.807, 2.05) is 11.9 Å². The van der Waals surface area contributed by atoms with Gasteiger partial charge in [-0.1, -0.05) is 20.8 Å². The van der Waals surface area contributed by atoms with E-state index in [-0.39, 0.29) is 35.3 Å². The van der Waals surface area contributed by atoms with Crippen LogP contribution in [-0.2, 0) is 21.5 Å². The number of halogens is 1. The maximum atomic E-state index is 12.7. The molecule has 0 spiro atoms. The van der Waals surface area contributed by atoms with Crippen LogP contribution in [0, 0.1) is 5.92 Å². The molecule has 1 N–H and O–H groups in total. The van der Waals surface area contributed by atoms with E-state index in [0.717, 1.165) is 55.7 Å². The Kier molecular flexibility index (Phi) is 9.15. The number of carbonyl (C=O) groups excluding carboxylic acids is 1. The number of likely N-dealkylation sites (tertiary alicyclic amines) is 1. The molecule has 164 valence electrons. The first-order chi connectivity index (χ1) is 13.4. The molecule has 0 aromatic carbocycles. The number of rotatable bonds is 3. The second kappa shape index (κ2) is 10.9. The van der Waals surface area contributed by atoms with Gasteiger partial charge in [0.1, 0.15) is 5.01 Å². The summed E-state index contributed by atoms with van der Waals surface area (Å²) in [5.74, 6) is 1.31. The highest BCUT2D eigenvalue weighted by Crippen LogP contribution is 2.24. The Bertz CT molecular complexity index is 689. The first-order valence-electron chi connectivity index (χ1n) is 10.2. The molecule has 3 heterocycles. The van der Waals surface area contributed by atoms with E-state index in [1.54, 1.807) is 11.3 Å². The number of piperidine rings is 1. The van der Waals surface area contributed by atoms with Crippen LogP contribution < -0.4 is 5.32 Å². The Morgan fingerprint density at radius 2 is 1.90 bits per heavy atom. The average Bonchev–Trinajstić information content (AvgIpc) is 3.19. The number of thiazole rings is 1. The maximum Gasteiger partial charge on any atom is 0.225 e. The van der Waals surface area contributed by atoms with E-state index in [2.05, 4.69) is 41.4 Å². The van der Waals surface area contributed by atoms with Gasteiger partial charge in [0.15, 0.2) is 5.96 Å². The number of nitrogens with one attached hydrogen (secondary N) is 1. The zero-order valence-electron chi connectivity index (χ0n) is 17.9. The maximum absolute atomic E-state index is 12.7. The minimum Gasteiger partial charge on any atom is -0.378 e. The molecule has 2 aliphatic rings. The number of carbonyl (C=O) groups is 1. The van der Waals surface area contributed by atoms with Gasteiger partial charge in [0.05, 0.1) is 25.5 Å². The van der Waals surface area contributed by atoms with E-state index in [4.69, 9.17) is 9.72 Å². The smallest absolute Gasteiger partial charge is 0.225 e. The summed E-state index contributed by atoms with van der Waals surface area (Å²) in [5, 5.41) is 6.65. The number of nitrogens with zero attached hydrogens (tertiary/aromatic N) is 4. The van der Waals surface area contributed by atoms with Crippen molar-refractivity contribution in [2.24, 2.45) is 10.9 Å². The average molecular weight is 535 g/mol. The highest BCUT2D eigenvalue weighted by molar-refractivity contribution is 14.0. The molecule has 0 unspecified atom stereocenters. The van der Waals surface area contributed by atoms with Crippen LogP contribution in [0.25, 0.3) is 0 Å². The molecule has 7 nitrogen and oxygen atoms in total. The number of amides is 1. The Hall–Kier alpha value is -0.940. The molecule has 1 amide bonds. The highest BCUT2D eigenvalue weighted by atomic mass is 127. The monoisotopic (exact) mass is 535 g/mol. The van der Waals surface area contributed by atoms with Crippen LogP contribution in [0.15, 0.2) is 10.4 Å². The molecule has 0 bridgehead atoms. The molecule has 2 aliphatic heterocycles. The summed E-state index contributed by atoms with van der Waals surface area (Å²) in [6, 6.07) is 0. The second-order valence-electron chi connectivity index (χ2n) is 8.48. The van der Waals surface area contributed by atoms with E-state index >= 15 is 0 Å². The normalized spacial score (nSPS) is 19.1. The summed E-state index contributed by atoms with van der Waals surface area (Å²) in [4.78, 5) is 26.1. The predicted octanol–water partition coefficient (Wildman–Crippen LogP) is 2.70. The van der Waals surface area contributed by atoms with Gasteiger partial charge in [0.25, 0.3) is 0 Å². The first-order valence-corrected chi connectivity index (χ1v) is 11.0. The van der Waals surface area contributed by atoms with Gasteiger partial charge in [0, 0.05) is 49.9 Å². The molecule has 9 heteroatoms. The zero-order chi connectivity index (χ0) is 20.1. The fraction of sp³-hybridized carbons (Fsp3) is 0.750. The number of guanidine groups is 1. The molecule has 0 radical (unpaired) electrons. The van der Waals surface area contributed by atoms with Crippen molar-refractivity contribution in [1.82, 2.24) is 20.1 Å². The van der Waals surface area contributed by atoms with Crippen molar-refractivity contribution in [3.05, 3.63) is 16.1 Å². The van der Waals surface area contributed by atoms with Crippen molar-refractivity contribution in [1.29, 1.82) is 0 Å². The molecule has 1 aromatic rings. The molecule has 3 rings (SSSR count). The topological polar surface area (TPSA) is 70.1 Å². The fourth-order valence-corrected chi connectivity index (χ4v) is 4.56. The largest absolute Gasteiger partial charge is 0.378 e. The van der Waals surface area contributed by atoms with Crippen LogP contribution in [0.2, 0.25) is 0 Å².